The second-order valence-electron chi connectivity index (χ2n) is 4.21. The normalized spacial score (nSPS) is 10.7. The number of furan rings is 1. The van der Waals surface area contributed by atoms with Crippen molar-refractivity contribution in [1.82, 2.24) is 9.55 Å². The number of ether oxygens (including phenoxy) is 1. The SMILES string of the molecule is CCc1nc(C(=O)OC)c(N)n1Cc1ccc(C)o1. The van der Waals surface area contributed by atoms with Crippen LogP contribution in [0.3, 0.4) is 0 Å². The molecule has 19 heavy (non-hydrogen) atoms. The van der Waals surface area contributed by atoms with Gasteiger partial charge in [0.15, 0.2) is 5.69 Å². The standard InChI is InChI=1S/C13H17N3O3/c1-4-10-15-11(13(17)18-3)12(14)16(10)7-9-6-5-8(2)19-9/h5-6H,4,7,14H2,1-3H3. The summed E-state index contributed by atoms with van der Waals surface area (Å²) < 4.78 is 12.0. The monoisotopic (exact) mass is 263 g/mol. The minimum atomic E-state index is -0.526. The van der Waals surface area contributed by atoms with Crippen LogP contribution < -0.4 is 5.73 Å². The van der Waals surface area contributed by atoms with E-state index < -0.39 is 5.97 Å². The van der Waals surface area contributed by atoms with Gasteiger partial charge in [-0.2, -0.15) is 0 Å². The smallest absolute Gasteiger partial charge is 0.360 e. The summed E-state index contributed by atoms with van der Waals surface area (Å²) in [5.41, 5.74) is 6.12. The van der Waals surface area contributed by atoms with E-state index in [1.165, 1.54) is 7.11 Å². The van der Waals surface area contributed by atoms with Crippen LogP contribution in [0, 0.1) is 6.92 Å². The van der Waals surface area contributed by atoms with Crippen LogP contribution in [-0.4, -0.2) is 22.6 Å². The molecule has 0 saturated carbocycles. The Labute approximate surface area is 111 Å². The maximum Gasteiger partial charge on any atom is 0.360 e. The van der Waals surface area contributed by atoms with E-state index >= 15 is 0 Å². The predicted octanol–water partition coefficient (Wildman–Crippen LogP) is 1.76. The van der Waals surface area contributed by atoms with Crippen molar-refractivity contribution in [3.8, 4) is 0 Å². The molecule has 2 heterocycles. The van der Waals surface area contributed by atoms with Gasteiger partial charge in [0.1, 0.15) is 23.2 Å². The Kier molecular flexibility index (Phi) is 3.59. The molecule has 6 nitrogen and oxygen atoms in total. The van der Waals surface area contributed by atoms with Crippen LogP contribution in [0.15, 0.2) is 16.5 Å². The van der Waals surface area contributed by atoms with Crippen molar-refractivity contribution in [1.29, 1.82) is 0 Å². The number of imidazole rings is 1. The third kappa shape index (κ3) is 2.47. The number of methoxy groups -OCH3 is 1. The molecule has 0 aromatic carbocycles. The summed E-state index contributed by atoms with van der Waals surface area (Å²) in [4.78, 5) is 15.8. The number of aryl methyl sites for hydroxylation is 2. The lowest BCUT2D eigenvalue weighted by Crippen LogP contribution is -2.09. The zero-order valence-corrected chi connectivity index (χ0v) is 11.3. The first kappa shape index (κ1) is 13.2. The van der Waals surface area contributed by atoms with Crippen LogP contribution in [0.5, 0.6) is 0 Å². The molecule has 0 bridgehead atoms. The van der Waals surface area contributed by atoms with Crippen molar-refractivity contribution >= 4 is 11.8 Å². The van der Waals surface area contributed by atoms with Crippen LogP contribution in [0.1, 0.15) is 34.8 Å². The highest BCUT2D eigenvalue weighted by Crippen LogP contribution is 2.19. The van der Waals surface area contributed by atoms with E-state index in [4.69, 9.17) is 10.2 Å². The Hall–Kier alpha value is -2.24. The Balaban J connectivity index is 2.38. The Bertz CT molecular complexity index is 598. The lowest BCUT2D eigenvalue weighted by atomic mass is 10.4. The Morgan fingerprint density at radius 3 is 2.79 bits per heavy atom. The minimum Gasteiger partial charge on any atom is -0.464 e. The Morgan fingerprint density at radius 1 is 1.53 bits per heavy atom. The highest BCUT2D eigenvalue weighted by molar-refractivity contribution is 5.92. The van der Waals surface area contributed by atoms with Crippen molar-refractivity contribution in [2.24, 2.45) is 0 Å². The van der Waals surface area contributed by atoms with Gasteiger partial charge in [-0.05, 0) is 19.1 Å². The topological polar surface area (TPSA) is 83.3 Å². The molecule has 2 rings (SSSR count). The van der Waals surface area contributed by atoms with E-state index in [0.29, 0.717) is 18.8 Å². The first-order chi connectivity index (χ1) is 9.06. The summed E-state index contributed by atoms with van der Waals surface area (Å²) in [5, 5.41) is 0. The van der Waals surface area contributed by atoms with Gasteiger partial charge in [-0.1, -0.05) is 6.92 Å². The van der Waals surface area contributed by atoms with Gasteiger partial charge in [0.25, 0.3) is 0 Å². The predicted molar refractivity (Wildman–Crippen MR) is 69.9 cm³/mol. The third-order valence-corrected chi connectivity index (χ3v) is 2.89. The molecule has 0 atom stereocenters. The number of nitrogens with zero attached hydrogens (tertiary/aromatic N) is 2. The second-order valence-corrected chi connectivity index (χ2v) is 4.21. The Morgan fingerprint density at radius 2 is 2.26 bits per heavy atom. The molecule has 0 aliphatic rings. The highest BCUT2D eigenvalue weighted by Gasteiger charge is 2.20. The number of nitrogen functional groups attached to an aromatic ring is 1. The molecule has 102 valence electrons. The molecule has 0 saturated heterocycles. The molecule has 0 radical (unpaired) electrons. The molecule has 6 heteroatoms. The van der Waals surface area contributed by atoms with Gasteiger partial charge in [-0.15, -0.1) is 0 Å². The second kappa shape index (κ2) is 5.17. The fraction of sp³-hybridized carbons (Fsp3) is 0.385. The number of esters is 1. The van der Waals surface area contributed by atoms with Crippen molar-refractivity contribution in [3.63, 3.8) is 0 Å². The summed E-state index contributed by atoms with van der Waals surface area (Å²) >= 11 is 0. The van der Waals surface area contributed by atoms with Crippen LogP contribution in [0.4, 0.5) is 5.82 Å². The maximum atomic E-state index is 11.6. The summed E-state index contributed by atoms with van der Waals surface area (Å²) in [7, 11) is 1.31. The molecule has 0 fully saturated rings. The van der Waals surface area contributed by atoms with Gasteiger partial charge in [-0.25, -0.2) is 9.78 Å². The largest absolute Gasteiger partial charge is 0.464 e. The zero-order valence-electron chi connectivity index (χ0n) is 11.3. The molecule has 0 spiro atoms. The van der Waals surface area contributed by atoms with Gasteiger partial charge in [0, 0.05) is 6.42 Å². The zero-order chi connectivity index (χ0) is 14.0. The lowest BCUT2D eigenvalue weighted by molar-refractivity contribution is 0.0595. The number of aromatic nitrogens is 2. The molecular formula is C13H17N3O3. The first-order valence-electron chi connectivity index (χ1n) is 6.05. The van der Waals surface area contributed by atoms with Crippen LogP contribution in [0.25, 0.3) is 0 Å². The fourth-order valence-electron chi connectivity index (χ4n) is 1.93. The average Bonchev–Trinajstić information content (AvgIpc) is 2.94. The number of rotatable bonds is 4. The molecule has 0 unspecified atom stereocenters. The molecular weight excluding hydrogens is 246 g/mol. The van der Waals surface area contributed by atoms with Crippen molar-refractivity contribution in [2.75, 3.05) is 12.8 Å². The number of anilines is 1. The molecule has 0 amide bonds. The van der Waals surface area contributed by atoms with Crippen molar-refractivity contribution in [2.45, 2.75) is 26.8 Å². The quantitative estimate of drug-likeness (QED) is 0.850. The van der Waals surface area contributed by atoms with E-state index in [1.54, 1.807) is 4.57 Å². The van der Waals surface area contributed by atoms with Crippen LogP contribution in [0.2, 0.25) is 0 Å². The van der Waals surface area contributed by atoms with Crippen molar-refractivity contribution in [3.05, 3.63) is 35.2 Å². The van der Waals surface area contributed by atoms with E-state index in [-0.39, 0.29) is 5.69 Å². The summed E-state index contributed by atoms with van der Waals surface area (Å²) in [6.07, 6.45) is 0.668. The third-order valence-electron chi connectivity index (χ3n) is 2.89. The van der Waals surface area contributed by atoms with E-state index in [9.17, 15) is 4.79 Å². The minimum absolute atomic E-state index is 0.155. The van der Waals surface area contributed by atoms with Gasteiger partial charge in [-0.3, -0.25) is 0 Å². The van der Waals surface area contributed by atoms with E-state index in [1.807, 2.05) is 26.0 Å². The molecule has 0 aliphatic heterocycles. The first-order valence-corrected chi connectivity index (χ1v) is 6.05. The molecule has 2 N–H and O–H groups in total. The summed E-state index contributed by atoms with van der Waals surface area (Å²) in [5.74, 6) is 2.11. The van der Waals surface area contributed by atoms with E-state index in [0.717, 1.165) is 17.3 Å². The van der Waals surface area contributed by atoms with Gasteiger partial charge in [0.05, 0.1) is 13.7 Å². The number of hydrogen-bond acceptors (Lipinski definition) is 5. The number of hydrogen-bond donors (Lipinski definition) is 1. The number of nitrogens with two attached hydrogens (primary N) is 1. The fourth-order valence-corrected chi connectivity index (χ4v) is 1.93. The summed E-state index contributed by atoms with van der Waals surface area (Å²) in [6, 6.07) is 3.77. The van der Waals surface area contributed by atoms with Gasteiger partial charge >= 0.3 is 5.97 Å². The number of carbonyl (C=O) groups is 1. The molecule has 2 aromatic rings. The van der Waals surface area contributed by atoms with Crippen molar-refractivity contribution < 1.29 is 13.9 Å². The number of carbonyl (C=O) groups excluding carboxylic acids is 1. The lowest BCUT2D eigenvalue weighted by Gasteiger charge is -2.06. The highest BCUT2D eigenvalue weighted by atomic mass is 16.5. The summed E-state index contributed by atoms with van der Waals surface area (Å²) in [6.45, 7) is 4.28. The average molecular weight is 263 g/mol. The van der Waals surface area contributed by atoms with Crippen LogP contribution >= 0.6 is 0 Å². The maximum absolute atomic E-state index is 11.6. The van der Waals surface area contributed by atoms with E-state index in [2.05, 4.69) is 9.72 Å². The van der Waals surface area contributed by atoms with Gasteiger partial charge < -0.3 is 19.5 Å². The molecule has 2 aromatic heterocycles. The van der Waals surface area contributed by atoms with Crippen LogP contribution in [-0.2, 0) is 17.7 Å². The van der Waals surface area contributed by atoms with Gasteiger partial charge in [0.2, 0.25) is 0 Å². The molecule has 0 aliphatic carbocycles.